The first-order valence-corrected chi connectivity index (χ1v) is 7.71. The van der Waals surface area contributed by atoms with Crippen molar-refractivity contribution >= 4 is 33.8 Å². The van der Waals surface area contributed by atoms with Gasteiger partial charge in [-0.1, -0.05) is 44.5 Å². The Morgan fingerprint density at radius 2 is 2.00 bits per heavy atom. The lowest BCUT2D eigenvalue weighted by Crippen LogP contribution is -2.10. The van der Waals surface area contributed by atoms with Crippen LogP contribution in [-0.4, -0.2) is 9.97 Å². The Morgan fingerprint density at radius 3 is 2.70 bits per heavy atom. The highest BCUT2D eigenvalue weighted by molar-refractivity contribution is 7.10. The Bertz CT molecular complexity index is 771. The minimum atomic E-state index is 0.0799. The van der Waals surface area contributed by atoms with Crippen LogP contribution in [0, 0.1) is 0 Å². The van der Waals surface area contributed by atoms with Crippen molar-refractivity contribution in [1.82, 2.24) is 9.97 Å². The van der Waals surface area contributed by atoms with E-state index in [0.29, 0.717) is 5.02 Å². The number of hydrogen-bond donors (Lipinski definition) is 0. The molecule has 0 N–H and O–H groups in total. The SMILES string of the molecule is CC(C)(C)c1nc(-c2cnc3c(Cl)cccc3c2)cs1. The lowest BCUT2D eigenvalue weighted by Gasteiger charge is -2.13. The van der Waals surface area contributed by atoms with Gasteiger partial charge in [-0.3, -0.25) is 4.98 Å². The molecule has 0 saturated heterocycles. The Morgan fingerprint density at radius 1 is 1.20 bits per heavy atom. The molecule has 0 amide bonds. The fourth-order valence-corrected chi connectivity index (χ4v) is 3.16. The van der Waals surface area contributed by atoms with Crippen LogP contribution in [-0.2, 0) is 5.41 Å². The third kappa shape index (κ3) is 2.43. The number of pyridine rings is 1. The summed E-state index contributed by atoms with van der Waals surface area (Å²) in [6.07, 6.45) is 1.84. The normalized spacial score (nSPS) is 12.0. The zero-order valence-corrected chi connectivity index (χ0v) is 13.2. The van der Waals surface area contributed by atoms with Crippen LogP contribution in [0.2, 0.25) is 5.02 Å². The number of nitrogens with zero attached hydrogens (tertiary/aromatic N) is 2. The Balaban J connectivity index is 2.09. The number of hydrogen-bond acceptors (Lipinski definition) is 3. The van der Waals surface area contributed by atoms with Crippen LogP contribution in [0.4, 0.5) is 0 Å². The summed E-state index contributed by atoms with van der Waals surface area (Å²) < 4.78 is 0. The van der Waals surface area contributed by atoms with E-state index >= 15 is 0 Å². The van der Waals surface area contributed by atoms with Gasteiger partial charge in [0, 0.05) is 27.9 Å². The second kappa shape index (κ2) is 4.83. The number of benzene rings is 1. The van der Waals surface area contributed by atoms with E-state index < -0.39 is 0 Å². The fourth-order valence-electron chi connectivity index (χ4n) is 2.01. The standard InChI is InChI=1S/C16H15ClN2S/c1-16(2,3)15-19-13(9-20-15)11-7-10-5-4-6-12(17)14(10)18-8-11/h4-9H,1-3H3. The van der Waals surface area contributed by atoms with Crippen molar-refractivity contribution in [1.29, 1.82) is 0 Å². The summed E-state index contributed by atoms with van der Waals surface area (Å²) in [6, 6.07) is 7.92. The zero-order valence-electron chi connectivity index (χ0n) is 11.6. The average molecular weight is 303 g/mol. The van der Waals surface area contributed by atoms with Gasteiger partial charge in [0.15, 0.2) is 0 Å². The van der Waals surface area contributed by atoms with Crippen molar-refractivity contribution in [3.05, 3.63) is 45.9 Å². The summed E-state index contributed by atoms with van der Waals surface area (Å²) in [7, 11) is 0. The van der Waals surface area contributed by atoms with Crippen LogP contribution in [0.3, 0.4) is 0 Å². The molecule has 0 aliphatic rings. The highest BCUT2D eigenvalue weighted by Gasteiger charge is 2.18. The maximum absolute atomic E-state index is 6.14. The van der Waals surface area contributed by atoms with Crippen LogP contribution in [0.25, 0.3) is 22.2 Å². The van der Waals surface area contributed by atoms with E-state index in [4.69, 9.17) is 16.6 Å². The molecule has 0 bridgehead atoms. The molecule has 0 unspecified atom stereocenters. The van der Waals surface area contributed by atoms with Gasteiger partial charge in [-0.05, 0) is 12.1 Å². The second-order valence-electron chi connectivity index (χ2n) is 5.82. The van der Waals surface area contributed by atoms with E-state index in [2.05, 4.69) is 37.2 Å². The number of thiazole rings is 1. The predicted molar refractivity (Wildman–Crippen MR) is 86.6 cm³/mol. The van der Waals surface area contributed by atoms with Gasteiger partial charge in [-0.2, -0.15) is 0 Å². The molecule has 1 aromatic carbocycles. The molecule has 102 valence electrons. The van der Waals surface area contributed by atoms with E-state index in [0.717, 1.165) is 27.2 Å². The first-order chi connectivity index (χ1) is 9.45. The van der Waals surface area contributed by atoms with Gasteiger partial charge in [0.1, 0.15) is 0 Å². The Hall–Kier alpha value is -1.45. The van der Waals surface area contributed by atoms with Gasteiger partial charge in [-0.25, -0.2) is 4.98 Å². The molecule has 4 heteroatoms. The highest BCUT2D eigenvalue weighted by Crippen LogP contribution is 2.31. The maximum Gasteiger partial charge on any atom is 0.0986 e. The first-order valence-electron chi connectivity index (χ1n) is 6.46. The minimum Gasteiger partial charge on any atom is -0.254 e. The van der Waals surface area contributed by atoms with Gasteiger partial charge in [0.05, 0.1) is 21.2 Å². The molecule has 2 nitrogen and oxygen atoms in total. The summed E-state index contributed by atoms with van der Waals surface area (Å²) in [4.78, 5) is 9.19. The molecule has 2 aromatic heterocycles. The molecular weight excluding hydrogens is 288 g/mol. The summed E-state index contributed by atoms with van der Waals surface area (Å²) in [6.45, 7) is 6.52. The molecule has 2 heterocycles. The lowest BCUT2D eigenvalue weighted by atomic mass is 9.98. The van der Waals surface area contributed by atoms with E-state index in [1.54, 1.807) is 11.3 Å². The molecular formula is C16H15ClN2S. The quantitative estimate of drug-likeness (QED) is 0.609. The van der Waals surface area contributed by atoms with Crippen LogP contribution in [0.15, 0.2) is 35.8 Å². The Labute approximate surface area is 127 Å². The van der Waals surface area contributed by atoms with Crippen molar-refractivity contribution in [3.63, 3.8) is 0 Å². The fraction of sp³-hybridized carbons (Fsp3) is 0.250. The second-order valence-corrected chi connectivity index (χ2v) is 7.09. The van der Waals surface area contributed by atoms with E-state index in [9.17, 15) is 0 Å². The van der Waals surface area contributed by atoms with Crippen molar-refractivity contribution in [3.8, 4) is 11.3 Å². The number of halogens is 1. The average Bonchev–Trinajstić information content (AvgIpc) is 2.88. The molecule has 0 fully saturated rings. The zero-order chi connectivity index (χ0) is 14.3. The molecule has 0 spiro atoms. The smallest absolute Gasteiger partial charge is 0.0986 e. The number of aromatic nitrogens is 2. The topological polar surface area (TPSA) is 25.8 Å². The number of rotatable bonds is 1. The molecule has 0 aliphatic carbocycles. The third-order valence-electron chi connectivity index (χ3n) is 3.10. The van der Waals surface area contributed by atoms with E-state index in [-0.39, 0.29) is 5.41 Å². The van der Waals surface area contributed by atoms with Gasteiger partial charge < -0.3 is 0 Å². The summed E-state index contributed by atoms with van der Waals surface area (Å²) in [5, 5.41) is 4.95. The largest absolute Gasteiger partial charge is 0.254 e. The highest BCUT2D eigenvalue weighted by atomic mass is 35.5. The molecule has 3 aromatic rings. The van der Waals surface area contributed by atoms with Gasteiger partial charge in [0.2, 0.25) is 0 Å². The van der Waals surface area contributed by atoms with Crippen molar-refractivity contribution in [2.75, 3.05) is 0 Å². The summed E-state index contributed by atoms with van der Waals surface area (Å²) in [5.41, 5.74) is 2.93. The molecule has 20 heavy (non-hydrogen) atoms. The van der Waals surface area contributed by atoms with Gasteiger partial charge in [-0.15, -0.1) is 11.3 Å². The lowest BCUT2D eigenvalue weighted by molar-refractivity contribution is 0.586. The van der Waals surface area contributed by atoms with Crippen molar-refractivity contribution < 1.29 is 0 Å². The maximum atomic E-state index is 6.14. The minimum absolute atomic E-state index is 0.0799. The molecule has 0 aliphatic heterocycles. The van der Waals surface area contributed by atoms with Crippen LogP contribution in [0.5, 0.6) is 0 Å². The molecule has 0 radical (unpaired) electrons. The van der Waals surface area contributed by atoms with Gasteiger partial charge >= 0.3 is 0 Å². The van der Waals surface area contributed by atoms with Crippen LogP contribution in [0.1, 0.15) is 25.8 Å². The Kier molecular flexibility index (Phi) is 3.27. The van der Waals surface area contributed by atoms with Crippen molar-refractivity contribution in [2.45, 2.75) is 26.2 Å². The third-order valence-corrected chi connectivity index (χ3v) is 4.68. The van der Waals surface area contributed by atoms with E-state index in [1.807, 2.05) is 24.4 Å². The number of fused-ring (bicyclic) bond motifs is 1. The summed E-state index contributed by atoms with van der Waals surface area (Å²) >= 11 is 7.84. The van der Waals surface area contributed by atoms with Crippen LogP contribution < -0.4 is 0 Å². The van der Waals surface area contributed by atoms with Gasteiger partial charge in [0.25, 0.3) is 0 Å². The van der Waals surface area contributed by atoms with Crippen LogP contribution >= 0.6 is 22.9 Å². The first kappa shape index (κ1) is 13.5. The monoisotopic (exact) mass is 302 g/mol. The summed E-state index contributed by atoms with van der Waals surface area (Å²) in [5.74, 6) is 0. The molecule has 0 saturated carbocycles. The molecule has 0 atom stereocenters. The van der Waals surface area contributed by atoms with Crippen molar-refractivity contribution in [2.24, 2.45) is 0 Å². The predicted octanol–water partition coefficient (Wildman–Crippen LogP) is 5.31. The van der Waals surface area contributed by atoms with E-state index in [1.165, 1.54) is 0 Å². The number of para-hydroxylation sites is 1. The molecule has 3 rings (SSSR count).